The predicted octanol–water partition coefficient (Wildman–Crippen LogP) is 7.85. The number of carboxylic acids is 1. The van der Waals surface area contributed by atoms with Crippen molar-refractivity contribution in [3.8, 4) is 17.0 Å². The molecule has 0 bridgehead atoms. The quantitative estimate of drug-likeness (QED) is 0.187. The first-order valence-corrected chi connectivity index (χ1v) is 15.1. The third-order valence-corrected chi connectivity index (χ3v) is 7.28. The van der Waals surface area contributed by atoms with Crippen molar-refractivity contribution < 1.29 is 24.2 Å². The molecule has 2 aromatic carbocycles. The van der Waals surface area contributed by atoms with Gasteiger partial charge in [-0.1, -0.05) is 45.0 Å². The second-order valence-electron chi connectivity index (χ2n) is 12.8. The second-order valence-corrected chi connectivity index (χ2v) is 13.7. The molecule has 0 saturated heterocycles. The highest BCUT2D eigenvalue weighted by atomic mass is 32.2. The SMILES string of the molecule is COc1c(CCC(CC(C)(C)C)NC(=O)OC(C)(C)C)nc(NSc2cccc(C(=O)O)c2)nc1-c1c(C)cccc1C. The molecule has 10 heteroatoms. The van der Waals surface area contributed by atoms with Crippen molar-refractivity contribution in [1.29, 1.82) is 0 Å². The average molecular weight is 609 g/mol. The van der Waals surface area contributed by atoms with Gasteiger partial charge in [-0.15, -0.1) is 0 Å². The lowest BCUT2D eigenvalue weighted by Gasteiger charge is -2.28. The van der Waals surface area contributed by atoms with Crippen molar-refractivity contribution in [2.75, 3.05) is 11.8 Å². The Kier molecular flexibility index (Phi) is 11.1. The number of aryl methyl sites for hydroxylation is 3. The molecule has 3 rings (SSSR count). The number of alkyl carbamates (subject to hydrolysis) is 1. The van der Waals surface area contributed by atoms with Crippen LogP contribution < -0.4 is 14.8 Å². The minimum absolute atomic E-state index is 0.0350. The molecule has 1 heterocycles. The van der Waals surface area contributed by atoms with Crippen molar-refractivity contribution in [1.82, 2.24) is 15.3 Å². The summed E-state index contributed by atoms with van der Waals surface area (Å²) in [7, 11) is 1.62. The smallest absolute Gasteiger partial charge is 0.407 e. The number of aromatic carboxylic acids is 1. The van der Waals surface area contributed by atoms with Crippen LogP contribution in [0.2, 0.25) is 0 Å². The number of nitrogens with zero attached hydrogens (tertiary/aromatic N) is 2. The van der Waals surface area contributed by atoms with E-state index in [2.05, 4.69) is 30.8 Å². The number of carbonyl (C=O) groups is 2. The fourth-order valence-electron chi connectivity index (χ4n) is 4.83. The fraction of sp³-hybridized carbons (Fsp3) is 0.455. The number of rotatable bonds is 11. The molecule has 0 radical (unpaired) electrons. The fourth-order valence-corrected chi connectivity index (χ4v) is 5.46. The summed E-state index contributed by atoms with van der Waals surface area (Å²) < 4.78 is 14.7. The Morgan fingerprint density at radius 1 is 1.00 bits per heavy atom. The van der Waals surface area contributed by atoms with E-state index in [9.17, 15) is 14.7 Å². The molecular formula is C33H44N4O5S. The van der Waals surface area contributed by atoms with Crippen LogP contribution in [0.5, 0.6) is 5.75 Å². The van der Waals surface area contributed by atoms with E-state index in [-0.39, 0.29) is 17.0 Å². The lowest BCUT2D eigenvalue weighted by molar-refractivity contribution is 0.0489. The molecule has 43 heavy (non-hydrogen) atoms. The van der Waals surface area contributed by atoms with Gasteiger partial charge in [0.2, 0.25) is 5.95 Å². The van der Waals surface area contributed by atoms with Crippen molar-refractivity contribution in [2.24, 2.45) is 5.41 Å². The van der Waals surface area contributed by atoms with Gasteiger partial charge in [-0.05, 0) is 101 Å². The molecule has 0 spiro atoms. The van der Waals surface area contributed by atoms with Gasteiger partial charge in [0.15, 0.2) is 5.75 Å². The van der Waals surface area contributed by atoms with Crippen LogP contribution in [-0.4, -0.2) is 45.9 Å². The van der Waals surface area contributed by atoms with Crippen molar-refractivity contribution >= 4 is 30.0 Å². The summed E-state index contributed by atoms with van der Waals surface area (Å²) in [6, 6.07) is 12.6. The van der Waals surface area contributed by atoms with Crippen LogP contribution in [-0.2, 0) is 11.2 Å². The highest BCUT2D eigenvalue weighted by Crippen LogP contribution is 2.37. The Balaban J connectivity index is 2.00. The van der Waals surface area contributed by atoms with E-state index >= 15 is 0 Å². The zero-order valence-corrected chi connectivity index (χ0v) is 27.4. The number of carbonyl (C=O) groups excluding carboxylic acids is 1. The van der Waals surface area contributed by atoms with Crippen LogP contribution >= 0.6 is 11.9 Å². The van der Waals surface area contributed by atoms with Gasteiger partial charge in [-0.25, -0.2) is 19.6 Å². The molecular weight excluding hydrogens is 564 g/mol. The van der Waals surface area contributed by atoms with Crippen molar-refractivity contribution in [3.63, 3.8) is 0 Å². The van der Waals surface area contributed by atoms with E-state index in [0.29, 0.717) is 40.8 Å². The Labute approximate surface area is 259 Å². The number of aromatic nitrogens is 2. The van der Waals surface area contributed by atoms with E-state index in [1.807, 2.05) is 58.9 Å². The average Bonchev–Trinajstić information content (AvgIpc) is 2.88. The van der Waals surface area contributed by atoms with E-state index in [1.165, 1.54) is 11.9 Å². The van der Waals surface area contributed by atoms with Gasteiger partial charge in [0.05, 0.1) is 18.4 Å². The maximum Gasteiger partial charge on any atom is 0.407 e. The first kappa shape index (κ1) is 33.7. The van der Waals surface area contributed by atoms with Gasteiger partial charge in [0.25, 0.3) is 0 Å². The molecule has 0 aliphatic rings. The van der Waals surface area contributed by atoms with Gasteiger partial charge >= 0.3 is 12.1 Å². The molecule has 1 unspecified atom stereocenters. The number of methoxy groups -OCH3 is 1. The first-order chi connectivity index (χ1) is 20.1. The van der Waals surface area contributed by atoms with Crippen molar-refractivity contribution in [3.05, 3.63) is 64.8 Å². The number of anilines is 1. The number of benzene rings is 2. The van der Waals surface area contributed by atoms with Gasteiger partial charge in [-0.3, -0.25) is 4.72 Å². The summed E-state index contributed by atoms with van der Waals surface area (Å²) in [4.78, 5) is 34.6. The maximum atomic E-state index is 12.7. The van der Waals surface area contributed by atoms with E-state index < -0.39 is 17.7 Å². The zero-order valence-electron chi connectivity index (χ0n) is 26.6. The molecule has 1 aromatic heterocycles. The molecule has 9 nitrogen and oxygen atoms in total. The molecule has 1 amide bonds. The standard InChI is InChI=1S/C33H44N4O5S/c1-20-12-10-13-21(2)26(20)27-28(41-9)25(17-16-23(19-32(3,4)5)34-31(40)42-33(6,7)8)35-30(36-27)37-43-24-15-11-14-22(18-24)29(38)39/h10-15,18,23H,16-17,19H2,1-9H3,(H,34,40)(H,38,39)(H,35,36,37). The monoisotopic (exact) mass is 608 g/mol. The van der Waals surface area contributed by atoms with E-state index in [4.69, 9.17) is 19.4 Å². The van der Waals surface area contributed by atoms with Crippen LogP contribution in [0.4, 0.5) is 10.7 Å². The predicted molar refractivity (Wildman–Crippen MR) is 172 cm³/mol. The van der Waals surface area contributed by atoms with Crippen LogP contribution in [0.1, 0.15) is 81.6 Å². The van der Waals surface area contributed by atoms with Crippen LogP contribution in [0.3, 0.4) is 0 Å². The first-order valence-electron chi connectivity index (χ1n) is 14.3. The van der Waals surface area contributed by atoms with Gasteiger partial charge < -0.3 is 19.9 Å². The second kappa shape index (κ2) is 14.1. The summed E-state index contributed by atoms with van der Waals surface area (Å²) in [6.07, 6.45) is 1.40. The number of ether oxygens (including phenoxy) is 2. The Morgan fingerprint density at radius 2 is 1.65 bits per heavy atom. The molecule has 1 atom stereocenters. The van der Waals surface area contributed by atoms with Gasteiger partial charge in [0, 0.05) is 16.5 Å². The van der Waals surface area contributed by atoms with Gasteiger partial charge in [0.1, 0.15) is 11.3 Å². The number of hydrogen-bond acceptors (Lipinski definition) is 8. The number of carboxylic acid groups (broad SMARTS) is 1. The lowest BCUT2D eigenvalue weighted by Crippen LogP contribution is -2.41. The largest absolute Gasteiger partial charge is 0.493 e. The Hall–Kier alpha value is -3.79. The molecule has 0 aliphatic carbocycles. The molecule has 3 aromatic rings. The third kappa shape index (κ3) is 10.2. The molecule has 232 valence electrons. The minimum Gasteiger partial charge on any atom is -0.493 e. The van der Waals surface area contributed by atoms with Crippen LogP contribution in [0.15, 0.2) is 47.4 Å². The van der Waals surface area contributed by atoms with Crippen LogP contribution in [0.25, 0.3) is 11.3 Å². The van der Waals surface area contributed by atoms with Gasteiger partial charge in [-0.2, -0.15) is 0 Å². The Bertz CT molecular complexity index is 1430. The summed E-state index contributed by atoms with van der Waals surface area (Å²) in [5, 5.41) is 12.5. The minimum atomic E-state index is -0.993. The van der Waals surface area contributed by atoms with E-state index in [0.717, 1.165) is 23.1 Å². The molecule has 3 N–H and O–H groups in total. The van der Waals surface area contributed by atoms with E-state index in [1.54, 1.807) is 25.3 Å². The van der Waals surface area contributed by atoms with Crippen LogP contribution in [0, 0.1) is 19.3 Å². The maximum absolute atomic E-state index is 12.7. The number of nitrogens with one attached hydrogen (secondary N) is 2. The zero-order chi connectivity index (χ0) is 31.9. The summed E-state index contributed by atoms with van der Waals surface area (Å²) in [6.45, 7) is 16.0. The highest BCUT2D eigenvalue weighted by molar-refractivity contribution is 8.00. The topological polar surface area (TPSA) is 123 Å². The Morgan fingerprint density at radius 3 is 2.23 bits per heavy atom. The summed E-state index contributed by atoms with van der Waals surface area (Å²) in [5.74, 6) is -0.0493. The van der Waals surface area contributed by atoms with Crippen molar-refractivity contribution in [2.45, 2.75) is 91.2 Å². The molecule has 0 aliphatic heterocycles. The normalized spacial score (nSPS) is 12.4. The summed E-state index contributed by atoms with van der Waals surface area (Å²) >= 11 is 1.23. The lowest BCUT2D eigenvalue weighted by atomic mass is 9.86. The highest BCUT2D eigenvalue weighted by Gasteiger charge is 2.26. The molecule has 0 saturated carbocycles. The number of amides is 1. The molecule has 0 fully saturated rings. The third-order valence-electron chi connectivity index (χ3n) is 6.51. The summed E-state index contributed by atoms with van der Waals surface area (Å²) in [5.41, 5.74) is 3.98. The number of hydrogen-bond donors (Lipinski definition) is 3.